The lowest BCUT2D eigenvalue weighted by Crippen LogP contribution is -2.22. The van der Waals surface area contributed by atoms with Gasteiger partial charge in [0.15, 0.2) is 0 Å². The molecular formula is C13H17NO2S. The lowest BCUT2D eigenvalue weighted by molar-refractivity contribution is 0.484. The standard InChI is InChI=1S/C13H17NO2S/c1-11(17-10-13-5-3-7-16-13)8-14-9-12-4-2-6-15-12/h2-7,11,14H,8-10H2,1H3. The first-order valence-electron chi connectivity index (χ1n) is 5.71. The molecule has 1 unspecified atom stereocenters. The summed E-state index contributed by atoms with van der Waals surface area (Å²) in [6.45, 7) is 3.97. The summed E-state index contributed by atoms with van der Waals surface area (Å²) in [5.41, 5.74) is 0. The fourth-order valence-electron chi connectivity index (χ4n) is 1.49. The van der Waals surface area contributed by atoms with Gasteiger partial charge in [0.25, 0.3) is 0 Å². The van der Waals surface area contributed by atoms with E-state index in [-0.39, 0.29) is 0 Å². The van der Waals surface area contributed by atoms with Gasteiger partial charge in [-0.05, 0) is 24.3 Å². The second-order valence-corrected chi connectivity index (χ2v) is 5.34. The van der Waals surface area contributed by atoms with Crippen molar-refractivity contribution in [3.63, 3.8) is 0 Å². The van der Waals surface area contributed by atoms with Crippen molar-refractivity contribution in [2.24, 2.45) is 0 Å². The van der Waals surface area contributed by atoms with Crippen LogP contribution in [0.15, 0.2) is 45.6 Å². The summed E-state index contributed by atoms with van der Waals surface area (Å²) in [6, 6.07) is 7.82. The Morgan fingerprint density at radius 3 is 2.53 bits per heavy atom. The molecule has 3 nitrogen and oxygen atoms in total. The van der Waals surface area contributed by atoms with Gasteiger partial charge in [-0.2, -0.15) is 0 Å². The Hall–Kier alpha value is -1.13. The molecule has 0 aliphatic carbocycles. The Labute approximate surface area is 106 Å². The van der Waals surface area contributed by atoms with Crippen LogP contribution in [-0.4, -0.2) is 11.8 Å². The van der Waals surface area contributed by atoms with Crippen molar-refractivity contribution in [1.82, 2.24) is 5.32 Å². The smallest absolute Gasteiger partial charge is 0.117 e. The van der Waals surface area contributed by atoms with Crippen molar-refractivity contribution in [2.75, 3.05) is 6.54 Å². The Bertz CT molecular complexity index is 397. The zero-order chi connectivity index (χ0) is 11.9. The molecule has 0 bridgehead atoms. The fourth-order valence-corrected chi connectivity index (χ4v) is 2.34. The molecule has 1 atom stereocenters. The molecule has 92 valence electrons. The highest BCUT2D eigenvalue weighted by molar-refractivity contribution is 7.99. The minimum Gasteiger partial charge on any atom is -0.468 e. The van der Waals surface area contributed by atoms with Crippen molar-refractivity contribution in [3.8, 4) is 0 Å². The monoisotopic (exact) mass is 251 g/mol. The van der Waals surface area contributed by atoms with E-state index in [9.17, 15) is 0 Å². The van der Waals surface area contributed by atoms with E-state index in [0.29, 0.717) is 5.25 Å². The van der Waals surface area contributed by atoms with Crippen molar-refractivity contribution < 1.29 is 8.83 Å². The number of thioether (sulfide) groups is 1. The van der Waals surface area contributed by atoms with E-state index in [0.717, 1.165) is 30.4 Å². The summed E-state index contributed by atoms with van der Waals surface area (Å²) in [7, 11) is 0. The molecule has 2 heterocycles. The lowest BCUT2D eigenvalue weighted by Gasteiger charge is -2.10. The second kappa shape index (κ2) is 6.57. The van der Waals surface area contributed by atoms with Crippen LogP contribution < -0.4 is 5.32 Å². The molecule has 0 aromatic carbocycles. The van der Waals surface area contributed by atoms with Gasteiger partial charge in [0.1, 0.15) is 11.5 Å². The maximum absolute atomic E-state index is 5.29. The summed E-state index contributed by atoms with van der Waals surface area (Å²) in [6.07, 6.45) is 3.42. The number of furan rings is 2. The average Bonchev–Trinajstić information content (AvgIpc) is 2.99. The van der Waals surface area contributed by atoms with Crippen LogP contribution in [0.4, 0.5) is 0 Å². The van der Waals surface area contributed by atoms with Crippen LogP contribution in [-0.2, 0) is 12.3 Å². The van der Waals surface area contributed by atoms with Gasteiger partial charge in [0.2, 0.25) is 0 Å². The van der Waals surface area contributed by atoms with Crippen LogP contribution in [0.5, 0.6) is 0 Å². The quantitative estimate of drug-likeness (QED) is 0.819. The predicted molar refractivity (Wildman–Crippen MR) is 69.9 cm³/mol. The largest absolute Gasteiger partial charge is 0.468 e. The Balaban J connectivity index is 1.59. The van der Waals surface area contributed by atoms with Gasteiger partial charge >= 0.3 is 0 Å². The number of nitrogens with one attached hydrogen (secondary N) is 1. The molecule has 2 aromatic heterocycles. The Morgan fingerprint density at radius 2 is 1.88 bits per heavy atom. The second-order valence-electron chi connectivity index (χ2n) is 3.91. The zero-order valence-corrected chi connectivity index (χ0v) is 10.7. The molecule has 1 N–H and O–H groups in total. The summed E-state index contributed by atoms with van der Waals surface area (Å²) < 4.78 is 10.5. The van der Waals surface area contributed by atoms with Gasteiger partial charge in [0.05, 0.1) is 24.8 Å². The molecule has 4 heteroatoms. The molecule has 0 saturated heterocycles. The van der Waals surface area contributed by atoms with Crippen LogP contribution in [0, 0.1) is 0 Å². The third-order valence-electron chi connectivity index (χ3n) is 2.40. The Morgan fingerprint density at radius 1 is 1.18 bits per heavy atom. The fraction of sp³-hybridized carbons (Fsp3) is 0.385. The van der Waals surface area contributed by atoms with E-state index in [4.69, 9.17) is 8.83 Å². The molecule has 0 radical (unpaired) electrons. The summed E-state index contributed by atoms with van der Waals surface area (Å²) in [5.74, 6) is 2.94. The van der Waals surface area contributed by atoms with Gasteiger partial charge in [-0.15, -0.1) is 11.8 Å². The minimum atomic E-state index is 0.551. The van der Waals surface area contributed by atoms with Crippen molar-refractivity contribution in [3.05, 3.63) is 48.3 Å². The van der Waals surface area contributed by atoms with E-state index in [2.05, 4.69) is 12.2 Å². The topological polar surface area (TPSA) is 38.3 Å². The summed E-state index contributed by atoms with van der Waals surface area (Å²) >= 11 is 1.88. The third-order valence-corrected chi connectivity index (χ3v) is 3.59. The Kier molecular flexibility index (Phi) is 4.76. The van der Waals surface area contributed by atoms with Gasteiger partial charge < -0.3 is 14.2 Å². The molecule has 0 fully saturated rings. The van der Waals surface area contributed by atoms with Crippen molar-refractivity contribution >= 4 is 11.8 Å². The number of rotatable bonds is 7. The number of hydrogen-bond acceptors (Lipinski definition) is 4. The van der Waals surface area contributed by atoms with E-state index < -0.39 is 0 Å². The van der Waals surface area contributed by atoms with Crippen LogP contribution in [0.3, 0.4) is 0 Å². The van der Waals surface area contributed by atoms with E-state index >= 15 is 0 Å². The molecule has 0 spiro atoms. The molecule has 2 rings (SSSR count). The first kappa shape index (κ1) is 12.3. The average molecular weight is 251 g/mol. The highest BCUT2D eigenvalue weighted by Crippen LogP contribution is 2.17. The van der Waals surface area contributed by atoms with Crippen LogP contribution in [0.25, 0.3) is 0 Å². The minimum absolute atomic E-state index is 0.551. The normalized spacial score (nSPS) is 12.8. The molecular weight excluding hydrogens is 234 g/mol. The molecule has 0 aliphatic heterocycles. The van der Waals surface area contributed by atoms with Gasteiger partial charge in [-0.1, -0.05) is 6.92 Å². The highest BCUT2D eigenvalue weighted by Gasteiger charge is 2.04. The zero-order valence-electron chi connectivity index (χ0n) is 9.89. The first-order valence-corrected chi connectivity index (χ1v) is 6.76. The maximum atomic E-state index is 5.29. The predicted octanol–water partition coefficient (Wildman–Crippen LogP) is 3.28. The first-order chi connectivity index (χ1) is 8.34. The number of hydrogen-bond donors (Lipinski definition) is 1. The maximum Gasteiger partial charge on any atom is 0.117 e. The van der Waals surface area contributed by atoms with E-state index in [1.807, 2.05) is 36.0 Å². The molecule has 0 amide bonds. The molecule has 2 aromatic rings. The lowest BCUT2D eigenvalue weighted by atomic mass is 10.4. The third kappa shape index (κ3) is 4.32. The SMILES string of the molecule is CC(CNCc1ccco1)SCc1ccco1. The molecule has 17 heavy (non-hydrogen) atoms. The molecule has 0 aliphatic rings. The summed E-state index contributed by atoms with van der Waals surface area (Å²) in [4.78, 5) is 0. The highest BCUT2D eigenvalue weighted by atomic mass is 32.2. The van der Waals surface area contributed by atoms with Crippen molar-refractivity contribution in [2.45, 2.75) is 24.5 Å². The van der Waals surface area contributed by atoms with Crippen LogP contribution >= 0.6 is 11.8 Å². The van der Waals surface area contributed by atoms with Crippen molar-refractivity contribution in [1.29, 1.82) is 0 Å². The van der Waals surface area contributed by atoms with Gasteiger partial charge in [-0.3, -0.25) is 0 Å². The van der Waals surface area contributed by atoms with Crippen LogP contribution in [0.2, 0.25) is 0 Å². The van der Waals surface area contributed by atoms with Gasteiger partial charge in [0, 0.05) is 11.8 Å². The molecule has 0 saturated carbocycles. The van der Waals surface area contributed by atoms with Crippen LogP contribution in [0.1, 0.15) is 18.4 Å². The summed E-state index contributed by atoms with van der Waals surface area (Å²) in [5, 5.41) is 3.92. The van der Waals surface area contributed by atoms with Gasteiger partial charge in [-0.25, -0.2) is 0 Å². The van der Waals surface area contributed by atoms with E-state index in [1.54, 1.807) is 12.5 Å². The van der Waals surface area contributed by atoms with E-state index in [1.165, 1.54) is 0 Å².